The second-order valence-corrected chi connectivity index (χ2v) is 32.9. The molecule has 0 aromatic carbocycles. The van der Waals surface area contributed by atoms with E-state index in [9.17, 15) is 0 Å². The van der Waals surface area contributed by atoms with E-state index in [1.165, 1.54) is 26.2 Å². The van der Waals surface area contributed by atoms with Gasteiger partial charge in [0.25, 0.3) is 0 Å². The van der Waals surface area contributed by atoms with Crippen LogP contribution in [-0.4, -0.2) is 97.4 Å². The lowest BCUT2D eigenvalue weighted by molar-refractivity contribution is 0.0636. The van der Waals surface area contributed by atoms with Crippen LogP contribution in [0.15, 0.2) is 0 Å². The number of rotatable bonds is 10. The molecule has 5 nitrogen and oxygen atoms in total. The Morgan fingerprint density at radius 1 is 0.571 bits per heavy atom. The molecule has 1 saturated heterocycles. The van der Waals surface area contributed by atoms with Crippen molar-refractivity contribution in [3.8, 4) is 0 Å². The molecule has 0 saturated carbocycles. The molecule has 0 aliphatic carbocycles. The van der Waals surface area contributed by atoms with Crippen molar-refractivity contribution in [2.45, 2.75) is 78.6 Å². The summed E-state index contributed by atoms with van der Waals surface area (Å²) in [5, 5.41) is 3.65. The van der Waals surface area contributed by atoms with E-state index in [0.29, 0.717) is 0 Å². The molecule has 1 rings (SSSR count). The number of nitrogens with one attached hydrogen (secondary N) is 1. The summed E-state index contributed by atoms with van der Waals surface area (Å²) in [6.07, 6.45) is 0. The van der Waals surface area contributed by atoms with Crippen molar-refractivity contribution in [2.75, 3.05) is 46.2 Å². The van der Waals surface area contributed by atoms with Crippen molar-refractivity contribution in [3.63, 3.8) is 0 Å². The lowest BCUT2D eigenvalue weighted by atomic mass is 10.4. The van der Waals surface area contributed by atoms with Crippen LogP contribution >= 0.6 is 0 Å². The monoisotopic (exact) mass is 461 g/mol. The molecule has 1 heterocycles. The molecule has 0 aromatic rings. The van der Waals surface area contributed by atoms with Crippen molar-refractivity contribution in [1.82, 2.24) is 23.6 Å². The van der Waals surface area contributed by atoms with E-state index in [0.717, 1.165) is 20.0 Å². The van der Waals surface area contributed by atoms with Gasteiger partial charge in [-0.2, -0.15) is 0 Å². The quantitative estimate of drug-likeness (QED) is 0.496. The van der Waals surface area contributed by atoms with Crippen LogP contribution in [0.1, 0.15) is 0 Å². The Morgan fingerprint density at radius 2 is 0.857 bits per heavy atom. The van der Waals surface area contributed by atoms with Crippen molar-refractivity contribution in [1.29, 1.82) is 0 Å². The molecule has 0 unspecified atom stereocenters. The minimum absolute atomic E-state index is 1.04. The second kappa shape index (κ2) is 9.86. The van der Waals surface area contributed by atoms with Crippen molar-refractivity contribution in [3.05, 3.63) is 0 Å². The first-order valence-corrected chi connectivity index (χ1v) is 24.9. The van der Waals surface area contributed by atoms with Crippen molar-refractivity contribution >= 4 is 32.9 Å². The highest BCUT2D eigenvalue weighted by molar-refractivity contribution is 6.90. The van der Waals surface area contributed by atoms with E-state index in [1.807, 2.05) is 0 Å². The first-order chi connectivity index (χ1) is 12.4. The summed E-state index contributed by atoms with van der Waals surface area (Å²) < 4.78 is 5.83. The summed E-state index contributed by atoms with van der Waals surface area (Å²) in [4.78, 5) is 5.23. The average molecular weight is 462 g/mol. The van der Waals surface area contributed by atoms with Gasteiger partial charge < -0.3 is 8.46 Å². The molecule has 0 spiro atoms. The van der Waals surface area contributed by atoms with Crippen LogP contribution in [0.25, 0.3) is 0 Å². The van der Waals surface area contributed by atoms with Gasteiger partial charge in [-0.05, 0) is 13.1 Å². The first-order valence-electron chi connectivity index (χ1n) is 11.1. The zero-order valence-corrected chi connectivity index (χ0v) is 25.2. The van der Waals surface area contributed by atoms with E-state index in [1.54, 1.807) is 0 Å². The second-order valence-electron chi connectivity index (χ2n) is 12.5. The van der Waals surface area contributed by atoms with E-state index < -0.39 is 32.9 Å². The van der Waals surface area contributed by atoms with Crippen LogP contribution in [0.2, 0.25) is 78.6 Å². The highest BCUT2D eigenvalue weighted by Crippen LogP contribution is 2.21. The Hall–Kier alpha value is 0.668. The Morgan fingerprint density at radius 3 is 1.11 bits per heavy atom. The van der Waals surface area contributed by atoms with Crippen LogP contribution in [0.4, 0.5) is 0 Å². The highest BCUT2D eigenvalue weighted by Gasteiger charge is 2.36. The van der Waals surface area contributed by atoms with Crippen LogP contribution < -0.4 is 5.32 Å². The molecule has 1 aliphatic rings. The number of hydrogen-bond donors (Lipinski definition) is 1. The molecule has 1 fully saturated rings. The molecule has 0 aromatic heterocycles. The molecule has 28 heavy (non-hydrogen) atoms. The third kappa shape index (κ3) is 8.81. The van der Waals surface area contributed by atoms with Gasteiger partial charge in [0.1, 0.15) is 32.9 Å². The summed E-state index contributed by atoms with van der Waals surface area (Å²) in [7, 11) is -5.04. The van der Waals surface area contributed by atoms with Crippen LogP contribution in [0, 0.1) is 0 Å². The fourth-order valence-electron chi connectivity index (χ4n) is 4.89. The Kier molecular flexibility index (Phi) is 9.40. The minimum atomic E-state index is -1.26. The molecule has 0 bridgehead atoms. The van der Waals surface area contributed by atoms with E-state index >= 15 is 0 Å². The van der Waals surface area contributed by atoms with Crippen LogP contribution in [0.3, 0.4) is 0 Å². The van der Waals surface area contributed by atoms with Gasteiger partial charge in [0.15, 0.2) is 0 Å². The Labute approximate surface area is 181 Å². The lowest BCUT2D eigenvalue weighted by Crippen LogP contribution is -2.63. The van der Waals surface area contributed by atoms with Crippen LogP contribution in [0.5, 0.6) is 0 Å². The van der Waals surface area contributed by atoms with Gasteiger partial charge in [0.2, 0.25) is 0 Å². The van der Waals surface area contributed by atoms with Gasteiger partial charge in [-0.1, -0.05) is 78.6 Å². The molecular formula is C19H51N5Si4. The smallest absolute Gasteiger partial charge is 0.112 e. The van der Waals surface area contributed by atoms with Crippen LogP contribution in [-0.2, 0) is 0 Å². The van der Waals surface area contributed by atoms with Crippen molar-refractivity contribution in [2.24, 2.45) is 0 Å². The summed E-state index contributed by atoms with van der Waals surface area (Å²) >= 11 is 0. The van der Waals surface area contributed by atoms with Gasteiger partial charge >= 0.3 is 0 Å². The fourth-order valence-corrected chi connectivity index (χ4v) is 24.1. The Balaban J connectivity index is 2.62. The third-order valence-electron chi connectivity index (χ3n) is 5.59. The Bertz CT molecular complexity index is 407. The maximum atomic E-state index is 3.65. The minimum Gasteiger partial charge on any atom is -0.345 e. The van der Waals surface area contributed by atoms with E-state index in [4.69, 9.17) is 0 Å². The molecule has 9 heteroatoms. The first kappa shape index (κ1) is 26.7. The topological polar surface area (TPSA) is 25.0 Å². The summed E-state index contributed by atoms with van der Waals surface area (Å²) in [6, 6.07) is 0. The molecular weight excluding hydrogens is 411 g/mol. The largest absolute Gasteiger partial charge is 0.345 e. The molecule has 0 radical (unpaired) electrons. The van der Waals surface area contributed by atoms with Gasteiger partial charge in [-0.25, -0.2) is 0 Å². The molecule has 0 atom stereocenters. The molecule has 1 N–H and O–H groups in total. The standard InChI is InChI=1S/C19H51N5Si4/c1-25(2,3)23(26(4,5)6)15-13-21-17-20-18-22(19-21)14-16-24(27(7,8)9)28(10,11)12/h20H,13-19H2,1-12H3. The van der Waals surface area contributed by atoms with E-state index in [-0.39, 0.29) is 0 Å². The number of hydrogen-bond acceptors (Lipinski definition) is 5. The zero-order chi connectivity index (χ0) is 22.0. The average Bonchev–Trinajstić information content (AvgIpc) is 2.42. The SMILES string of the molecule is C[Si](C)(C)N(CCN1CNCN(CCN([Si](C)(C)C)[Si](C)(C)C)C1)[Si](C)(C)C. The maximum absolute atomic E-state index is 3.65. The highest BCUT2D eigenvalue weighted by atomic mass is 28.4. The van der Waals surface area contributed by atoms with Gasteiger partial charge in [0, 0.05) is 13.1 Å². The number of nitrogens with zero attached hydrogens (tertiary/aromatic N) is 4. The predicted molar refractivity (Wildman–Crippen MR) is 138 cm³/mol. The molecule has 1 aliphatic heterocycles. The summed E-state index contributed by atoms with van der Waals surface area (Å²) in [5.74, 6) is 0. The summed E-state index contributed by atoms with van der Waals surface area (Å²) in [6.45, 7) is 38.1. The molecule has 0 amide bonds. The van der Waals surface area contributed by atoms with E-state index in [2.05, 4.69) is 102 Å². The third-order valence-corrected chi connectivity index (χ3v) is 21.0. The van der Waals surface area contributed by atoms with Gasteiger partial charge in [-0.3, -0.25) is 15.1 Å². The predicted octanol–water partition coefficient (Wildman–Crippen LogP) is 4.01. The maximum Gasteiger partial charge on any atom is 0.112 e. The van der Waals surface area contributed by atoms with Crippen molar-refractivity contribution < 1.29 is 0 Å². The normalized spacial score (nSPS) is 19.1. The fraction of sp³-hybridized carbons (Fsp3) is 1.00. The summed E-state index contributed by atoms with van der Waals surface area (Å²) in [5.41, 5.74) is 0. The zero-order valence-electron chi connectivity index (χ0n) is 21.2. The van der Waals surface area contributed by atoms with Gasteiger partial charge in [0.05, 0.1) is 20.0 Å². The van der Waals surface area contributed by atoms with Gasteiger partial charge in [-0.15, -0.1) is 0 Å². The lowest BCUT2D eigenvalue weighted by Gasteiger charge is -2.46. The molecule has 168 valence electrons.